The summed E-state index contributed by atoms with van der Waals surface area (Å²) in [6, 6.07) is -0.196. The quantitative estimate of drug-likeness (QED) is 0.581. The SMILES string of the molecule is CCCC(=O)C(C)C(C)/C(C(=O)N(C(=O)CC)C(C)C)=C(/C)CC. The lowest BCUT2D eigenvalue weighted by Gasteiger charge is -2.30. The van der Waals surface area contributed by atoms with Gasteiger partial charge in [-0.25, -0.2) is 0 Å². The van der Waals surface area contributed by atoms with Gasteiger partial charge in [0, 0.05) is 30.4 Å². The molecule has 0 aliphatic carbocycles. The van der Waals surface area contributed by atoms with E-state index >= 15 is 0 Å². The van der Waals surface area contributed by atoms with Crippen molar-refractivity contribution in [2.75, 3.05) is 0 Å². The largest absolute Gasteiger partial charge is 0.299 e. The second kappa shape index (κ2) is 10.4. The van der Waals surface area contributed by atoms with Crippen LogP contribution in [0.1, 0.15) is 81.1 Å². The van der Waals surface area contributed by atoms with Crippen molar-refractivity contribution in [3.8, 4) is 0 Å². The van der Waals surface area contributed by atoms with E-state index < -0.39 is 0 Å². The molecule has 0 N–H and O–H groups in total. The Labute approximate surface area is 147 Å². The summed E-state index contributed by atoms with van der Waals surface area (Å²) in [6.07, 6.45) is 2.36. The molecule has 4 heteroatoms. The summed E-state index contributed by atoms with van der Waals surface area (Å²) in [6.45, 7) is 15.2. The minimum atomic E-state index is -0.236. The first-order chi connectivity index (χ1) is 11.1. The number of rotatable bonds is 9. The molecule has 138 valence electrons. The molecule has 2 atom stereocenters. The summed E-state index contributed by atoms with van der Waals surface area (Å²) in [4.78, 5) is 39.1. The van der Waals surface area contributed by atoms with Crippen LogP contribution in [0, 0.1) is 11.8 Å². The van der Waals surface area contributed by atoms with Crippen molar-refractivity contribution in [1.29, 1.82) is 0 Å². The van der Waals surface area contributed by atoms with Gasteiger partial charge in [0.2, 0.25) is 5.91 Å². The molecule has 4 nitrogen and oxygen atoms in total. The lowest BCUT2D eigenvalue weighted by molar-refractivity contribution is -0.144. The van der Waals surface area contributed by atoms with Gasteiger partial charge in [-0.15, -0.1) is 0 Å². The fourth-order valence-corrected chi connectivity index (χ4v) is 2.90. The average Bonchev–Trinajstić information content (AvgIpc) is 2.53. The Morgan fingerprint density at radius 2 is 1.42 bits per heavy atom. The van der Waals surface area contributed by atoms with Gasteiger partial charge in [-0.1, -0.05) is 40.2 Å². The Morgan fingerprint density at radius 1 is 0.875 bits per heavy atom. The van der Waals surface area contributed by atoms with Crippen LogP contribution in [-0.4, -0.2) is 28.5 Å². The highest BCUT2D eigenvalue weighted by atomic mass is 16.2. The van der Waals surface area contributed by atoms with E-state index in [2.05, 4.69) is 0 Å². The number of amides is 2. The van der Waals surface area contributed by atoms with Gasteiger partial charge < -0.3 is 0 Å². The topological polar surface area (TPSA) is 54.5 Å². The molecule has 0 aromatic rings. The monoisotopic (exact) mass is 337 g/mol. The molecule has 0 fully saturated rings. The first-order valence-electron chi connectivity index (χ1n) is 9.22. The molecule has 2 amide bonds. The average molecular weight is 338 g/mol. The lowest BCUT2D eigenvalue weighted by Crippen LogP contribution is -2.44. The zero-order valence-corrected chi connectivity index (χ0v) is 16.7. The summed E-state index contributed by atoms with van der Waals surface area (Å²) < 4.78 is 0. The fourth-order valence-electron chi connectivity index (χ4n) is 2.90. The predicted molar refractivity (Wildman–Crippen MR) is 98.5 cm³/mol. The van der Waals surface area contributed by atoms with Crippen LogP contribution in [0.5, 0.6) is 0 Å². The smallest absolute Gasteiger partial charge is 0.256 e. The molecule has 0 aliphatic heterocycles. The summed E-state index contributed by atoms with van der Waals surface area (Å²) in [5.74, 6) is -0.647. The van der Waals surface area contributed by atoms with E-state index in [-0.39, 0.29) is 35.5 Å². The first-order valence-corrected chi connectivity index (χ1v) is 9.22. The van der Waals surface area contributed by atoms with E-state index in [9.17, 15) is 14.4 Å². The highest BCUT2D eigenvalue weighted by Gasteiger charge is 2.33. The molecule has 0 rings (SSSR count). The van der Waals surface area contributed by atoms with Crippen LogP contribution in [0.4, 0.5) is 0 Å². The van der Waals surface area contributed by atoms with Gasteiger partial charge in [-0.05, 0) is 39.5 Å². The van der Waals surface area contributed by atoms with Crippen molar-refractivity contribution in [1.82, 2.24) is 4.90 Å². The first kappa shape index (κ1) is 22.6. The summed E-state index contributed by atoms with van der Waals surface area (Å²) >= 11 is 0. The minimum absolute atomic E-state index is 0.170. The molecule has 0 heterocycles. The molecule has 0 saturated carbocycles. The highest BCUT2D eigenvalue weighted by Crippen LogP contribution is 2.29. The zero-order chi connectivity index (χ0) is 19.0. The van der Waals surface area contributed by atoms with Crippen molar-refractivity contribution < 1.29 is 14.4 Å². The van der Waals surface area contributed by atoms with Gasteiger partial charge in [-0.2, -0.15) is 0 Å². The van der Waals surface area contributed by atoms with Crippen molar-refractivity contribution in [3.05, 3.63) is 11.1 Å². The maximum absolute atomic E-state index is 13.1. The Morgan fingerprint density at radius 3 is 1.79 bits per heavy atom. The Hall–Kier alpha value is -1.45. The Kier molecular flexibility index (Phi) is 9.79. The number of hydrogen-bond acceptors (Lipinski definition) is 3. The van der Waals surface area contributed by atoms with Crippen molar-refractivity contribution in [2.45, 2.75) is 87.1 Å². The van der Waals surface area contributed by atoms with Crippen LogP contribution < -0.4 is 0 Å². The standard InChI is InChI=1S/C20H35NO3/c1-9-12-17(22)15(7)16(8)19(14(6)10-2)20(24)21(13(4)5)18(23)11-3/h13,15-16H,9-12H2,1-8H3/b19-14+. The number of hydrogen-bond donors (Lipinski definition) is 0. The summed E-state index contributed by atoms with van der Waals surface area (Å²) in [5.41, 5.74) is 1.59. The van der Waals surface area contributed by atoms with Crippen LogP contribution in [-0.2, 0) is 14.4 Å². The molecular weight excluding hydrogens is 302 g/mol. The number of imide groups is 1. The maximum atomic E-state index is 13.1. The van der Waals surface area contributed by atoms with E-state index in [1.54, 1.807) is 6.92 Å². The summed E-state index contributed by atoms with van der Waals surface area (Å²) in [5, 5.41) is 0. The van der Waals surface area contributed by atoms with Gasteiger partial charge in [0.15, 0.2) is 0 Å². The molecule has 0 saturated heterocycles. The van der Waals surface area contributed by atoms with Crippen molar-refractivity contribution in [2.24, 2.45) is 11.8 Å². The second-order valence-electron chi connectivity index (χ2n) is 6.86. The number of Topliss-reactive ketones (excluding diaryl/α,β-unsaturated/α-hetero) is 1. The van der Waals surface area contributed by atoms with Gasteiger partial charge >= 0.3 is 0 Å². The van der Waals surface area contributed by atoms with Gasteiger partial charge in [0.1, 0.15) is 5.78 Å². The third kappa shape index (κ3) is 5.57. The minimum Gasteiger partial charge on any atom is -0.299 e. The van der Waals surface area contributed by atoms with Gasteiger partial charge in [0.05, 0.1) is 0 Å². The molecule has 0 aromatic heterocycles. The molecular formula is C20H35NO3. The normalized spacial score (nSPS) is 14.9. The summed E-state index contributed by atoms with van der Waals surface area (Å²) in [7, 11) is 0. The van der Waals surface area contributed by atoms with E-state index in [1.165, 1.54) is 4.90 Å². The van der Waals surface area contributed by atoms with Gasteiger partial charge in [-0.3, -0.25) is 19.3 Å². The van der Waals surface area contributed by atoms with Crippen LogP contribution in [0.3, 0.4) is 0 Å². The molecule has 0 aliphatic rings. The Balaban J connectivity index is 5.84. The van der Waals surface area contributed by atoms with Crippen LogP contribution in [0.25, 0.3) is 0 Å². The second-order valence-corrected chi connectivity index (χ2v) is 6.86. The number of ketones is 1. The van der Waals surface area contributed by atoms with E-state index in [1.807, 2.05) is 48.5 Å². The van der Waals surface area contributed by atoms with Crippen molar-refractivity contribution >= 4 is 17.6 Å². The molecule has 0 spiro atoms. The van der Waals surface area contributed by atoms with Crippen molar-refractivity contribution in [3.63, 3.8) is 0 Å². The van der Waals surface area contributed by atoms with E-state index in [0.717, 1.165) is 18.4 Å². The fraction of sp³-hybridized carbons (Fsp3) is 0.750. The third-order valence-electron chi connectivity index (χ3n) is 4.74. The maximum Gasteiger partial charge on any atom is 0.256 e. The zero-order valence-electron chi connectivity index (χ0n) is 16.7. The number of carbonyl (C=O) groups excluding carboxylic acids is 3. The van der Waals surface area contributed by atoms with E-state index in [4.69, 9.17) is 0 Å². The molecule has 0 bridgehead atoms. The van der Waals surface area contributed by atoms with Crippen LogP contribution in [0.2, 0.25) is 0 Å². The third-order valence-corrected chi connectivity index (χ3v) is 4.74. The molecule has 0 radical (unpaired) electrons. The Bertz CT molecular complexity index is 491. The number of nitrogens with zero attached hydrogens (tertiary/aromatic N) is 1. The van der Waals surface area contributed by atoms with Crippen LogP contribution in [0.15, 0.2) is 11.1 Å². The predicted octanol–water partition coefficient (Wildman–Crippen LogP) is 4.53. The lowest BCUT2D eigenvalue weighted by atomic mass is 9.81. The highest BCUT2D eigenvalue weighted by molar-refractivity contribution is 6.05. The van der Waals surface area contributed by atoms with Gasteiger partial charge in [0.25, 0.3) is 5.91 Å². The number of allylic oxidation sites excluding steroid dienone is 1. The van der Waals surface area contributed by atoms with Crippen LogP contribution >= 0.6 is 0 Å². The molecule has 24 heavy (non-hydrogen) atoms. The van der Waals surface area contributed by atoms with E-state index in [0.29, 0.717) is 18.4 Å². The molecule has 0 aromatic carbocycles. The number of carbonyl (C=O) groups is 3. The molecule has 2 unspecified atom stereocenters.